The van der Waals surface area contributed by atoms with Crippen LogP contribution in [0.3, 0.4) is 0 Å². The highest BCUT2D eigenvalue weighted by Crippen LogP contribution is 2.32. The summed E-state index contributed by atoms with van der Waals surface area (Å²) < 4.78 is 13.0. The molecule has 9 heteroatoms. The van der Waals surface area contributed by atoms with Crippen molar-refractivity contribution in [3.05, 3.63) is 76.5 Å². The first-order valence-corrected chi connectivity index (χ1v) is 9.63. The van der Waals surface area contributed by atoms with E-state index in [1.165, 1.54) is 9.56 Å². The molecule has 0 aliphatic carbocycles. The molecule has 0 unspecified atom stereocenters. The van der Waals surface area contributed by atoms with Gasteiger partial charge in [0, 0.05) is 18.0 Å². The highest BCUT2D eigenvalue weighted by Gasteiger charge is 2.14. The molecule has 0 spiro atoms. The monoisotopic (exact) mass is 429 g/mol. The van der Waals surface area contributed by atoms with E-state index in [1.54, 1.807) is 18.4 Å². The minimum absolute atomic E-state index is 0. The molecule has 0 saturated heterocycles. The summed E-state index contributed by atoms with van der Waals surface area (Å²) in [6, 6.07) is 19.8. The number of tetrazole rings is 1. The summed E-state index contributed by atoms with van der Waals surface area (Å²) in [5.41, 5.74) is 1.92. The van der Waals surface area contributed by atoms with Gasteiger partial charge in [-0.25, -0.2) is 0 Å². The molecule has 0 aliphatic heterocycles. The van der Waals surface area contributed by atoms with Crippen LogP contribution in [0.15, 0.2) is 66.0 Å². The largest absolute Gasteiger partial charge is 0.493 e. The molecule has 4 aromatic rings. The Hall–Kier alpha value is -2.94. The molecule has 0 bridgehead atoms. The Morgan fingerprint density at radius 3 is 2.62 bits per heavy atom. The van der Waals surface area contributed by atoms with Crippen LogP contribution in [0.5, 0.6) is 17.5 Å². The lowest BCUT2D eigenvalue weighted by Gasteiger charge is -2.12. The lowest BCUT2D eigenvalue weighted by Crippen LogP contribution is -2.11. The molecule has 2 aromatic heterocycles. The molecule has 0 amide bonds. The number of nitrogens with zero attached hydrogens (tertiary/aromatic N) is 4. The van der Waals surface area contributed by atoms with E-state index in [-0.39, 0.29) is 18.4 Å². The van der Waals surface area contributed by atoms with Crippen molar-refractivity contribution in [2.45, 2.75) is 13.1 Å². The SMILES string of the molecule is COc1cc(CNCc2cccs2)ccc1Oc1nnnn1-c1ccccc1.Cl. The Labute approximate surface area is 178 Å². The number of methoxy groups -OCH3 is 1. The van der Waals surface area contributed by atoms with E-state index in [4.69, 9.17) is 9.47 Å². The quantitative estimate of drug-likeness (QED) is 0.451. The second kappa shape index (κ2) is 10.0. The van der Waals surface area contributed by atoms with Crippen LogP contribution in [-0.4, -0.2) is 27.3 Å². The van der Waals surface area contributed by atoms with E-state index in [9.17, 15) is 0 Å². The van der Waals surface area contributed by atoms with Crippen LogP contribution in [-0.2, 0) is 13.1 Å². The molecule has 4 rings (SSSR count). The summed E-state index contributed by atoms with van der Waals surface area (Å²) in [5, 5.41) is 17.2. The minimum atomic E-state index is 0. The van der Waals surface area contributed by atoms with Crippen LogP contribution < -0.4 is 14.8 Å². The number of benzene rings is 2. The number of rotatable bonds is 8. The van der Waals surface area contributed by atoms with Gasteiger partial charge in [-0.2, -0.15) is 4.68 Å². The lowest BCUT2D eigenvalue weighted by atomic mass is 10.2. The Morgan fingerprint density at radius 1 is 1.00 bits per heavy atom. The zero-order valence-corrected chi connectivity index (χ0v) is 17.3. The number of aromatic nitrogens is 4. The summed E-state index contributed by atoms with van der Waals surface area (Å²) in [6.07, 6.45) is 0. The van der Waals surface area contributed by atoms with Crippen molar-refractivity contribution in [3.63, 3.8) is 0 Å². The van der Waals surface area contributed by atoms with Crippen LogP contribution in [0.2, 0.25) is 0 Å². The van der Waals surface area contributed by atoms with Crippen LogP contribution >= 0.6 is 23.7 Å². The number of para-hydroxylation sites is 1. The standard InChI is InChI=1S/C20H19N5O2S.ClH/c1-26-19-12-15(13-21-14-17-8-5-11-28-17)9-10-18(19)27-20-22-23-24-25(20)16-6-3-2-4-7-16;/h2-12,21H,13-14H2,1H3;1H. The fourth-order valence-corrected chi connectivity index (χ4v) is 3.40. The highest BCUT2D eigenvalue weighted by molar-refractivity contribution is 7.09. The van der Waals surface area contributed by atoms with E-state index >= 15 is 0 Å². The van der Waals surface area contributed by atoms with Crippen molar-refractivity contribution < 1.29 is 9.47 Å². The summed E-state index contributed by atoms with van der Waals surface area (Å²) in [4.78, 5) is 1.31. The molecule has 0 atom stereocenters. The molecule has 1 N–H and O–H groups in total. The third kappa shape index (κ3) is 5.11. The Kier molecular flexibility index (Phi) is 7.18. The summed E-state index contributed by atoms with van der Waals surface area (Å²) in [6.45, 7) is 1.57. The average Bonchev–Trinajstić information content (AvgIpc) is 3.42. The Bertz CT molecular complexity index is 1020. The number of thiophene rings is 1. The Balaban J connectivity index is 0.00000240. The summed E-state index contributed by atoms with van der Waals surface area (Å²) in [7, 11) is 1.62. The third-order valence-corrected chi connectivity index (χ3v) is 4.96. The number of nitrogens with one attached hydrogen (secondary N) is 1. The second-order valence-corrected chi connectivity index (χ2v) is 7.01. The van der Waals surface area contributed by atoms with Gasteiger partial charge in [0.2, 0.25) is 0 Å². The zero-order valence-electron chi connectivity index (χ0n) is 15.7. The summed E-state index contributed by atoms with van der Waals surface area (Å²) in [5.74, 6) is 1.18. The predicted octanol–water partition coefficient (Wildman–Crippen LogP) is 4.24. The van der Waals surface area contributed by atoms with E-state index in [0.717, 1.165) is 24.3 Å². The van der Waals surface area contributed by atoms with Gasteiger partial charge < -0.3 is 14.8 Å². The Morgan fingerprint density at radius 2 is 1.86 bits per heavy atom. The number of halogens is 1. The van der Waals surface area contributed by atoms with Crippen molar-refractivity contribution in [3.8, 4) is 23.2 Å². The summed E-state index contributed by atoms with van der Waals surface area (Å²) >= 11 is 1.74. The maximum absolute atomic E-state index is 5.93. The maximum Gasteiger partial charge on any atom is 0.346 e. The first kappa shape index (κ1) is 20.8. The van der Waals surface area contributed by atoms with Crippen molar-refractivity contribution in [1.82, 2.24) is 25.5 Å². The molecule has 2 heterocycles. The molecule has 150 valence electrons. The van der Waals surface area contributed by atoms with Gasteiger partial charge in [0.05, 0.1) is 12.8 Å². The minimum Gasteiger partial charge on any atom is -0.493 e. The first-order valence-electron chi connectivity index (χ1n) is 8.75. The molecular weight excluding hydrogens is 410 g/mol. The van der Waals surface area contributed by atoms with Gasteiger partial charge in [0.15, 0.2) is 11.5 Å². The van der Waals surface area contributed by atoms with E-state index < -0.39 is 0 Å². The molecule has 7 nitrogen and oxygen atoms in total. The molecule has 2 aromatic carbocycles. The second-order valence-electron chi connectivity index (χ2n) is 5.98. The number of hydrogen-bond donors (Lipinski definition) is 1. The van der Waals surface area contributed by atoms with Gasteiger partial charge in [-0.15, -0.1) is 23.7 Å². The van der Waals surface area contributed by atoms with E-state index in [2.05, 4.69) is 38.4 Å². The topological polar surface area (TPSA) is 74.1 Å². The fourth-order valence-electron chi connectivity index (χ4n) is 2.72. The van der Waals surface area contributed by atoms with E-state index in [1.807, 2.05) is 48.5 Å². The molecule has 0 fully saturated rings. The highest BCUT2D eigenvalue weighted by atomic mass is 35.5. The molecule has 0 aliphatic rings. The average molecular weight is 430 g/mol. The zero-order chi connectivity index (χ0) is 19.2. The van der Waals surface area contributed by atoms with Crippen molar-refractivity contribution in [2.24, 2.45) is 0 Å². The van der Waals surface area contributed by atoms with Gasteiger partial charge in [-0.3, -0.25) is 0 Å². The van der Waals surface area contributed by atoms with Gasteiger partial charge in [0.1, 0.15) is 0 Å². The van der Waals surface area contributed by atoms with Crippen molar-refractivity contribution >= 4 is 23.7 Å². The molecule has 29 heavy (non-hydrogen) atoms. The maximum atomic E-state index is 5.93. The number of hydrogen-bond acceptors (Lipinski definition) is 7. The van der Waals surface area contributed by atoms with E-state index in [0.29, 0.717) is 11.5 Å². The first-order chi connectivity index (χ1) is 13.8. The lowest BCUT2D eigenvalue weighted by molar-refractivity contribution is 0.362. The van der Waals surface area contributed by atoms with Gasteiger partial charge in [-0.05, 0) is 51.7 Å². The van der Waals surface area contributed by atoms with Crippen molar-refractivity contribution in [1.29, 1.82) is 0 Å². The normalized spacial score (nSPS) is 10.4. The molecule has 0 saturated carbocycles. The number of ether oxygens (including phenoxy) is 2. The van der Waals surface area contributed by atoms with Gasteiger partial charge >= 0.3 is 6.01 Å². The molecular formula is C20H20ClN5O2S. The predicted molar refractivity (Wildman–Crippen MR) is 114 cm³/mol. The third-order valence-electron chi connectivity index (χ3n) is 4.08. The van der Waals surface area contributed by atoms with Gasteiger partial charge in [-0.1, -0.05) is 35.4 Å². The fraction of sp³-hybridized carbons (Fsp3) is 0.150. The van der Waals surface area contributed by atoms with Crippen LogP contribution in [0.25, 0.3) is 5.69 Å². The van der Waals surface area contributed by atoms with Crippen molar-refractivity contribution in [2.75, 3.05) is 7.11 Å². The van der Waals surface area contributed by atoms with Crippen LogP contribution in [0.1, 0.15) is 10.4 Å². The van der Waals surface area contributed by atoms with Crippen LogP contribution in [0.4, 0.5) is 0 Å². The van der Waals surface area contributed by atoms with Crippen LogP contribution in [0, 0.1) is 0 Å². The molecule has 0 radical (unpaired) electrons. The smallest absolute Gasteiger partial charge is 0.346 e. The van der Waals surface area contributed by atoms with Gasteiger partial charge in [0.25, 0.3) is 0 Å².